The number of hydrogen-bond acceptors (Lipinski definition) is 5. The summed E-state index contributed by atoms with van der Waals surface area (Å²) in [4.78, 5) is 15.4. The molecule has 5 aromatic rings. The molecule has 2 heterocycles. The molecule has 1 N–H and O–H groups in total. The molecule has 38 heavy (non-hydrogen) atoms. The molecule has 8 heteroatoms. The van der Waals surface area contributed by atoms with Crippen LogP contribution in [-0.4, -0.2) is 21.2 Å². The van der Waals surface area contributed by atoms with E-state index in [1.807, 2.05) is 42.5 Å². The molecular weight excluding hydrogens is 523 g/mol. The van der Waals surface area contributed by atoms with Crippen LogP contribution in [0.15, 0.2) is 77.3 Å². The number of nitrogens with zero attached hydrogens (tertiary/aromatic N) is 2. The van der Waals surface area contributed by atoms with Crippen LogP contribution in [0.25, 0.3) is 33.3 Å². The van der Waals surface area contributed by atoms with Crippen LogP contribution in [0, 0.1) is 0 Å². The predicted molar refractivity (Wildman–Crippen MR) is 149 cm³/mol. The van der Waals surface area contributed by atoms with Crippen molar-refractivity contribution in [3.8, 4) is 28.1 Å². The second-order valence-corrected chi connectivity index (χ2v) is 9.82. The first-order chi connectivity index (χ1) is 18.4. The highest BCUT2D eigenvalue weighted by atomic mass is 35.5. The van der Waals surface area contributed by atoms with Gasteiger partial charge in [-0.05, 0) is 60.0 Å². The summed E-state index contributed by atoms with van der Waals surface area (Å²) in [6.45, 7) is 4.41. The Kier molecular flexibility index (Phi) is 7.36. The van der Waals surface area contributed by atoms with Gasteiger partial charge in [0.15, 0.2) is 0 Å². The van der Waals surface area contributed by atoms with Crippen LogP contribution in [0.5, 0.6) is 5.75 Å². The van der Waals surface area contributed by atoms with Gasteiger partial charge in [-0.3, -0.25) is 0 Å². The number of carbonyl (C=O) groups is 1. The summed E-state index contributed by atoms with van der Waals surface area (Å²) in [5.41, 5.74) is 4.68. The van der Waals surface area contributed by atoms with Crippen molar-refractivity contribution in [1.29, 1.82) is 0 Å². The lowest BCUT2D eigenvalue weighted by molar-refractivity contribution is 0.0691. The van der Waals surface area contributed by atoms with Gasteiger partial charge in [-0.15, -0.1) is 0 Å². The Morgan fingerprint density at radius 1 is 1.00 bits per heavy atom. The Balaban J connectivity index is 1.39. The molecule has 0 aliphatic carbocycles. The Morgan fingerprint density at radius 3 is 2.39 bits per heavy atom. The van der Waals surface area contributed by atoms with Gasteiger partial charge in [-0.25, -0.2) is 9.78 Å². The lowest BCUT2D eigenvalue weighted by atomic mass is 9.98. The number of aromatic nitrogens is 2. The zero-order chi connectivity index (χ0) is 26.8. The first kappa shape index (κ1) is 25.8. The first-order valence-electron chi connectivity index (χ1n) is 12.2. The SMILES string of the molecule is CC[C@H](C)c1onc(-c2c(Cl)cccc2Cl)c1COc1ccc(-c2ccc3nc(C(=O)O)ccc3c2)cc1. The molecule has 0 saturated carbocycles. The summed E-state index contributed by atoms with van der Waals surface area (Å²) >= 11 is 12.9. The summed E-state index contributed by atoms with van der Waals surface area (Å²) in [5, 5.41) is 15.3. The van der Waals surface area contributed by atoms with Crippen molar-refractivity contribution in [1.82, 2.24) is 10.1 Å². The number of rotatable bonds is 8. The highest BCUT2D eigenvalue weighted by Gasteiger charge is 2.24. The smallest absolute Gasteiger partial charge is 0.354 e. The number of carboxylic acid groups (broad SMARTS) is 1. The fourth-order valence-electron chi connectivity index (χ4n) is 4.28. The maximum absolute atomic E-state index is 11.2. The highest BCUT2D eigenvalue weighted by Crippen LogP contribution is 2.39. The molecule has 0 fully saturated rings. The summed E-state index contributed by atoms with van der Waals surface area (Å²) in [7, 11) is 0. The van der Waals surface area contributed by atoms with Crippen molar-refractivity contribution in [3.63, 3.8) is 0 Å². The third-order valence-corrected chi connectivity index (χ3v) is 7.19. The van der Waals surface area contributed by atoms with Crippen molar-refractivity contribution < 1.29 is 19.2 Å². The van der Waals surface area contributed by atoms with E-state index in [-0.39, 0.29) is 18.2 Å². The number of halogens is 2. The van der Waals surface area contributed by atoms with Crippen LogP contribution >= 0.6 is 23.2 Å². The Bertz CT molecular complexity index is 1610. The van der Waals surface area contributed by atoms with E-state index in [0.29, 0.717) is 32.6 Å². The molecule has 2 aromatic heterocycles. The number of pyridine rings is 1. The van der Waals surface area contributed by atoms with E-state index >= 15 is 0 Å². The van der Waals surface area contributed by atoms with Crippen LogP contribution in [0.2, 0.25) is 10.0 Å². The standard InChI is InChI=1S/C30H24Cl2N2O4/c1-3-17(2)29-22(28(34-38-29)27-23(31)5-4-6-24(27)32)16-37-21-11-7-18(8-12-21)19-9-13-25-20(15-19)10-14-26(33-25)30(35)36/h4-15,17H,3,16H2,1-2H3,(H,35,36)/t17-/m0/s1. The van der Waals surface area contributed by atoms with E-state index in [1.54, 1.807) is 24.3 Å². The number of hydrogen-bond donors (Lipinski definition) is 1. The molecule has 0 bridgehead atoms. The number of benzene rings is 3. The lowest BCUT2D eigenvalue weighted by Crippen LogP contribution is -2.02. The van der Waals surface area contributed by atoms with Crippen molar-refractivity contribution in [2.24, 2.45) is 0 Å². The second kappa shape index (κ2) is 10.9. The fraction of sp³-hybridized carbons (Fsp3) is 0.167. The molecule has 0 amide bonds. The molecule has 0 saturated heterocycles. The Labute approximate surface area is 229 Å². The van der Waals surface area contributed by atoms with Crippen molar-refractivity contribution >= 4 is 40.1 Å². The monoisotopic (exact) mass is 546 g/mol. The summed E-state index contributed by atoms with van der Waals surface area (Å²) in [6, 6.07) is 22.1. The molecule has 0 spiro atoms. The third kappa shape index (κ3) is 5.10. The lowest BCUT2D eigenvalue weighted by Gasteiger charge is -2.12. The number of ether oxygens (including phenoxy) is 1. The largest absolute Gasteiger partial charge is 0.489 e. The molecule has 192 valence electrons. The topological polar surface area (TPSA) is 85.5 Å². The quantitative estimate of drug-likeness (QED) is 0.209. The molecule has 0 radical (unpaired) electrons. The van der Waals surface area contributed by atoms with Gasteiger partial charge in [0.05, 0.1) is 21.1 Å². The van der Waals surface area contributed by atoms with E-state index in [4.69, 9.17) is 37.6 Å². The molecular formula is C30H24Cl2N2O4. The molecule has 5 rings (SSSR count). The number of aromatic carboxylic acids is 1. The first-order valence-corrected chi connectivity index (χ1v) is 12.9. The van der Waals surface area contributed by atoms with Crippen molar-refractivity contribution in [2.45, 2.75) is 32.8 Å². The van der Waals surface area contributed by atoms with Gasteiger partial charge in [0.2, 0.25) is 0 Å². The van der Waals surface area contributed by atoms with Gasteiger partial charge in [0.1, 0.15) is 29.5 Å². The maximum Gasteiger partial charge on any atom is 0.354 e. The third-order valence-electron chi connectivity index (χ3n) is 6.56. The number of carboxylic acids is 1. The van der Waals surface area contributed by atoms with Gasteiger partial charge in [0, 0.05) is 16.9 Å². The van der Waals surface area contributed by atoms with E-state index in [0.717, 1.165) is 34.3 Å². The zero-order valence-electron chi connectivity index (χ0n) is 20.7. The normalized spacial score (nSPS) is 12.0. The minimum Gasteiger partial charge on any atom is -0.489 e. The van der Waals surface area contributed by atoms with Gasteiger partial charge in [-0.1, -0.05) is 72.5 Å². The highest BCUT2D eigenvalue weighted by molar-refractivity contribution is 6.39. The van der Waals surface area contributed by atoms with Crippen LogP contribution < -0.4 is 4.74 Å². The van der Waals surface area contributed by atoms with Crippen molar-refractivity contribution in [2.75, 3.05) is 0 Å². The summed E-state index contributed by atoms with van der Waals surface area (Å²) < 4.78 is 11.9. The van der Waals surface area contributed by atoms with E-state index in [1.165, 1.54) is 6.07 Å². The van der Waals surface area contributed by atoms with E-state index < -0.39 is 5.97 Å². The minimum absolute atomic E-state index is 0.0241. The molecule has 3 aromatic carbocycles. The average Bonchev–Trinajstić information content (AvgIpc) is 3.34. The number of fused-ring (bicyclic) bond motifs is 1. The fourth-order valence-corrected chi connectivity index (χ4v) is 4.85. The van der Waals surface area contributed by atoms with Gasteiger partial charge < -0.3 is 14.4 Å². The second-order valence-electron chi connectivity index (χ2n) is 9.00. The van der Waals surface area contributed by atoms with E-state index in [2.05, 4.69) is 24.0 Å². The Hall–Kier alpha value is -3.87. The van der Waals surface area contributed by atoms with Crippen LogP contribution in [0.3, 0.4) is 0 Å². The molecule has 0 unspecified atom stereocenters. The zero-order valence-corrected chi connectivity index (χ0v) is 22.3. The van der Waals surface area contributed by atoms with Crippen LogP contribution in [0.1, 0.15) is 48.0 Å². The van der Waals surface area contributed by atoms with Gasteiger partial charge in [-0.2, -0.15) is 0 Å². The van der Waals surface area contributed by atoms with Crippen LogP contribution in [-0.2, 0) is 6.61 Å². The predicted octanol–water partition coefficient (Wildman–Crippen LogP) is 8.65. The van der Waals surface area contributed by atoms with E-state index in [9.17, 15) is 4.79 Å². The average molecular weight is 547 g/mol. The van der Waals surface area contributed by atoms with Gasteiger partial charge in [0.25, 0.3) is 0 Å². The molecule has 6 nitrogen and oxygen atoms in total. The molecule has 1 atom stereocenters. The minimum atomic E-state index is -1.05. The molecule has 0 aliphatic heterocycles. The molecule has 0 aliphatic rings. The maximum atomic E-state index is 11.2. The summed E-state index contributed by atoms with van der Waals surface area (Å²) in [5.74, 6) is 0.546. The summed E-state index contributed by atoms with van der Waals surface area (Å²) in [6.07, 6.45) is 0.880. The van der Waals surface area contributed by atoms with Gasteiger partial charge >= 0.3 is 5.97 Å². The van der Waals surface area contributed by atoms with Crippen LogP contribution in [0.4, 0.5) is 0 Å². The Morgan fingerprint density at radius 2 is 1.71 bits per heavy atom. The van der Waals surface area contributed by atoms with Crippen molar-refractivity contribution in [3.05, 3.63) is 99.9 Å².